The van der Waals surface area contributed by atoms with Crippen LogP contribution in [0.15, 0.2) is 97.1 Å². The van der Waals surface area contributed by atoms with Gasteiger partial charge in [-0.15, -0.1) is 0 Å². The van der Waals surface area contributed by atoms with Crippen LogP contribution in [0.4, 0.5) is 21.0 Å². The average Bonchev–Trinajstić information content (AvgIpc) is 3.38. The molecule has 4 amide bonds. The Hall–Kier alpha value is -6.22. The van der Waals surface area contributed by atoms with Gasteiger partial charge in [-0.1, -0.05) is 56.0 Å². The van der Waals surface area contributed by atoms with Crippen LogP contribution in [-0.4, -0.2) is 116 Å². The number of carboxylic acid groups (broad SMARTS) is 1. The van der Waals surface area contributed by atoms with E-state index in [1.165, 1.54) is 48.6 Å². The van der Waals surface area contributed by atoms with E-state index in [1.54, 1.807) is 43.3 Å². The molecule has 6 rings (SSSR count). The number of nitrogens with zero attached hydrogens (tertiary/aromatic N) is 2. The van der Waals surface area contributed by atoms with Crippen LogP contribution in [-0.2, 0) is 36.6 Å². The van der Waals surface area contributed by atoms with E-state index < -0.39 is 5.97 Å². The minimum atomic E-state index is -1.01. The molecule has 4 aromatic rings. The fraction of sp³-hybridized carbons (Fsp3) is 0.455. The quantitative estimate of drug-likeness (QED) is 0.0235. The second kappa shape index (κ2) is 34.2. The number of ether oxygens (including phenoxy) is 3. The number of esters is 3. The topological polar surface area (TPSA) is 235 Å². The van der Waals surface area contributed by atoms with E-state index in [0.717, 1.165) is 90.4 Å². The second-order valence-corrected chi connectivity index (χ2v) is 17.3. The molecule has 17 nitrogen and oxygen atoms in total. The van der Waals surface area contributed by atoms with Crippen LogP contribution in [0.5, 0.6) is 0 Å². The van der Waals surface area contributed by atoms with Crippen molar-refractivity contribution in [2.24, 2.45) is 0 Å². The number of methoxy groups -OCH3 is 2. The summed E-state index contributed by atoms with van der Waals surface area (Å²) in [5, 5.41) is 20.2. The van der Waals surface area contributed by atoms with Crippen LogP contribution in [0.1, 0.15) is 134 Å². The predicted molar refractivity (Wildman–Crippen MR) is 278 cm³/mol. The van der Waals surface area contributed by atoms with Crippen molar-refractivity contribution in [3.8, 4) is 0 Å². The van der Waals surface area contributed by atoms with E-state index in [9.17, 15) is 28.8 Å². The van der Waals surface area contributed by atoms with Crippen molar-refractivity contribution in [1.29, 1.82) is 0 Å². The van der Waals surface area contributed by atoms with Gasteiger partial charge in [0.15, 0.2) is 0 Å². The first kappa shape index (κ1) is 62.9. The van der Waals surface area contributed by atoms with Crippen LogP contribution in [0, 0.1) is 0 Å². The van der Waals surface area contributed by atoms with Gasteiger partial charge in [0, 0.05) is 62.5 Å². The van der Waals surface area contributed by atoms with Crippen molar-refractivity contribution in [3.05, 3.63) is 130 Å². The van der Waals surface area contributed by atoms with Crippen molar-refractivity contribution in [3.63, 3.8) is 0 Å². The number of urea groups is 2. The molecule has 0 spiro atoms. The molecule has 2 unspecified atom stereocenters. The largest absolute Gasteiger partial charge is 1.00 e. The first-order valence-electron chi connectivity index (χ1n) is 24.5. The number of fused-ring (bicyclic) bond motifs is 2. The molecule has 2 aliphatic rings. The number of amides is 4. The van der Waals surface area contributed by atoms with Crippen LogP contribution in [0.3, 0.4) is 0 Å². The Bertz CT molecular complexity index is 2320. The van der Waals surface area contributed by atoms with Gasteiger partial charge >= 0.3 is 54.8 Å². The number of hydrogen-bond donors (Lipinski definition) is 5. The summed E-state index contributed by atoms with van der Waals surface area (Å²) >= 11 is 0. The van der Waals surface area contributed by atoms with E-state index in [-0.39, 0.29) is 67.3 Å². The molecule has 0 aromatic heterocycles. The third kappa shape index (κ3) is 21.0. The summed E-state index contributed by atoms with van der Waals surface area (Å²) in [5.41, 5.74) is 7.28. The zero-order chi connectivity index (χ0) is 50.1. The van der Waals surface area contributed by atoms with Gasteiger partial charge in [-0.05, 0) is 155 Å². The fourth-order valence-electron chi connectivity index (χ4n) is 9.04. The first-order chi connectivity index (χ1) is 34.0. The number of carboxylic acids is 1. The molecule has 2 atom stereocenters. The minimum Gasteiger partial charge on any atom is -0.870 e. The van der Waals surface area contributed by atoms with E-state index in [4.69, 9.17) is 19.3 Å². The van der Waals surface area contributed by atoms with Crippen molar-refractivity contribution < 1.29 is 72.4 Å². The Labute approximate surface area is 443 Å². The van der Waals surface area contributed by atoms with Gasteiger partial charge in [-0.2, -0.15) is 0 Å². The summed E-state index contributed by atoms with van der Waals surface area (Å²) in [7, 11) is 2.83. The van der Waals surface area contributed by atoms with E-state index in [1.807, 2.05) is 0 Å². The van der Waals surface area contributed by atoms with Crippen LogP contribution < -0.4 is 40.1 Å². The predicted octanol–water partition coefficient (Wildman–Crippen LogP) is 6.40. The van der Waals surface area contributed by atoms with Crippen molar-refractivity contribution in [2.75, 3.05) is 70.7 Å². The van der Waals surface area contributed by atoms with Gasteiger partial charge in [-0.25, -0.2) is 19.2 Å². The normalized spacial score (nSPS) is 14.1. The van der Waals surface area contributed by atoms with Crippen LogP contribution >= 0.6 is 0 Å². The maximum atomic E-state index is 12.3. The monoisotopic (exact) mass is 1000 g/mol. The number of aryl methyl sites for hydroxylation is 2. The summed E-state index contributed by atoms with van der Waals surface area (Å²) < 4.78 is 14.6. The molecule has 392 valence electrons. The molecule has 0 saturated heterocycles. The molecule has 0 saturated carbocycles. The summed E-state index contributed by atoms with van der Waals surface area (Å²) in [6.07, 6.45) is 10.4. The molecule has 4 aromatic carbocycles. The smallest absolute Gasteiger partial charge is 0.870 e. The number of nitrogens with one attached hydrogen (secondary N) is 4. The van der Waals surface area contributed by atoms with E-state index >= 15 is 0 Å². The number of carbonyl (C=O) groups is 6. The molecular formula is C55H75LiN6O11. The molecule has 0 radical (unpaired) electrons. The zero-order valence-electron chi connectivity index (χ0n) is 42.3. The summed E-state index contributed by atoms with van der Waals surface area (Å²) in [6, 6.07) is 29.8. The van der Waals surface area contributed by atoms with Gasteiger partial charge in [0.05, 0.1) is 32.0 Å². The van der Waals surface area contributed by atoms with Crippen LogP contribution in [0.25, 0.3) is 0 Å². The molecular weight excluding hydrogens is 928 g/mol. The minimum absolute atomic E-state index is 0. The fourth-order valence-corrected chi connectivity index (χ4v) is 9.04. The molecule has 6 N–H and O–H groups in total. The Kier molecular flexibility index (Phi) is 29.5. The number of carbonyl (C=O) groups excluding carboxylic acids is 5. The Morgan fingerprint density at radius 2 is 0.986 bits per heavy atom. The zero-order valence-corrected chi connectivity index (χ0v) is 42.3. The van der Waals surface area contributed by atoms with Gasteiger partial charge in [-0.3, -0.25) is 19.4 Å². The van der Waals surface area contributed by atoms with Crippen LogP contribution in [0.2, 0.25) is 0 Å². The maximum absolute atomic E-state index is 12.3. The number of hydrogen-bond acceptors (Lipinski definition) is 12. The second-order valence-electron chi connectivity index (χ2n) is 17.3. The molecule has 0 aliphatic heterocycles. The SMILES string of the molecule is C.CCOC(=O)c1ccc(NC(=O)NCCCN(CCCC(=O)OC)C2CCCc3ccccc32)cc1.COC(=O)CCCN(CCCNC(=O)Nc1ccc(C(=O)O)cc1)C1CCCc2ccccc21.[Li+].[OH-]. The number of anilines is 2. The van der Waals surface area contributed by atoms with Gasteiger partial charge < -0.3 is 46.1 Å². The molecule has 73 heavy (non-hydrogen) atoms. The summed E-state index contributed by atoms with van der Waals surface area (Å²) in [4.78, 5) is 75.3. The first-order valence-corrected chi connectivity index (χ1v) is 24.5. The van der Waals surface area contributed by atoms with Crippen molar-refractivity contribution >= 4 is 47.3 Å². The number of benzene rings is 4. The standard InChI is InChI=1S/C28H37N3O5.C26H33N3O5.CH4.Li.H2O/c1-3-36-27(33)22-14-16-23(17-15-22)30-28(34)29-18-8-20-31(19-7-13-26(32)35-2)25-12-6-10-21-9-4-5-11-24(21)25;1-34-24(30)11-5-17-29(23-10-4-8-19-7-2-3-9-22(19)23)18-6-16-27-26(33)28-21-14-12-20(13-15-21)25(31)32;;;/h4-5,9,11,14-17,25H,3,6-8,10,12-13,18-20H2,1-2H3,(H2,29,30,34);2-3,7,9,12-15,23H,4-6,8,10-11,16-18H2,1H3,(H,31,32)(H2,27,28,33);1H4;;1H2/q;;;+1;/p-1. The summed E-state index contributed by atoms with van der Waals surface area (Å²) in [6.45, 7) is 6.30. The third-order valence-corrected chi connectivity index (χ3v) is 12.5. The molecule has 0 fully saturated rings. The van der Waals surface area contributed by atoms with Crippen molar-refractivity contribution in [1.82, 2.24) is 20.4 Å². The molecule has 2 aliphatic carbocycles. The number of aromatic carboxylic acids is 1. The molecule has 0 heterocycles. The maximum Gasteiger partial charge on any atom is 1.00 e. The Morgan fingerprint density at radius 1 is 0.589 bits per heavy atom. The average molecular weight is 1000 g/mol. The number of rotatable bonds is 23. The Balaban J connectivity index is 0.000000481. The van der Waals surface area contributed by atoms with Gasteiger partial charge in [0.2, 0.25) is 0 Å². The molecule has 18 heteroatoms. The Morgan fingerprint density at radius 3 is 1.38 bits per heavy atom. The molecule has 0 bridgehead atoms. The van der Waals surface area contributed by atoms with E-state index in [2.05, 4.69) is 79.6 Å². The summed E-state index contributed by atoms with van der Waals surface area (Å²) in [5.74, 6) is -1.77. The van der Waals surface area contributed by atoms with Gasteiger partial charge in [0.1, 0.15) is 0 Å². The van der Waals surface area contributed by atoms with E-state index in [0.29, 0.717) is 61.6 Å². The van der Waals surface area contributed by atoms with Gasteiger partial charge in [0.25, 0.3) is 0 Å². The van der Waals surface area contributed by atoms with Crippen molar-refractivity contribution in [2.45, 2.75) is 103 Å². The third-order valence-electron chi connectivity index (χ3n) is 12.5.